The number of hydrogen-bond acceptors (Lipinski definition) is 2. The van der Waals surface area contributed by atoms with Crippen molar-refractivity contribution in [1.29, 1.82) is 0 Å². The van der Waals surface area contributed by atoms with Gasteiger partial charge < -0.3 is 10.0 Å². The van der Waals surface area contributed by atoms with Crippen molar-refractivity contribution in [3.05, 3.63) is 41.5 Å². The predicted molar refractivity (Wildman–Crippen MR) is 81.7 cm³/mol. The van der Waals surface area contributed by atoms with Crippen molar-refractivity contribution < 1.29 is 14.7 Å². The van der Waals surface area contributed by atoms with E-state index in [1.807, 2.05) is 38.1 Å². The van der Waals surface area contributed by atoms with E-state index in [4.69, 9.17) is 0 Å². The van der Waals surface area contributed by atoms with Crippen molar-refractivity contribution >= 4 is 18.0 Å². The molecule has 0 bridgehead atoms. The number of rotatable bonds is 3. The molecule has 112 valence electrons. The number of nitrogens with zero attached hydrogens (tertiary/aromatic N) is 1. The summed E-state index contributed by atoms with van der Waals surface area (Å²) in [6.45, 7) is 4.41. The number of carboxylic acids is 1. The van der Waals surface area contributed by atoms with Crippen LogP contribution in [0, 0.1) is 12.8 Å². The molecule has 0 aromatic heterocycles. The van der Waals surface area contributed by atoms with Gasteiger partial charge in [-0.2, -0.15) is 0 Å². The lowest BCUT2D eigenvalue weighted by atomic mass is 9.90. The molecule has 2 atom stereocenters. The molecule has 1 aromatic rings. The van der Waals surface area contributed by atoms with Gasteiger partial charge in [0.1, 0.15) is 6.04 Å². The van der Waals surface area contributed by atoms with Crippen molar-refractivity contribution in [2.45, 2.75) is 32.7 Å². The Morgan fingerprint density at radius 2 is 1.95 bits per heavy atom. The molecule has 1 aliphatic heterocycles. The van der Waals surface area contributed by atoms with Gasteiger partial charge in [-0.1, -0.05) is 36.8 Å². The average molecular weight is 287 g/mol. The molecule has 2 unspecified atom stereocenters. The maximum absolute atomic E-state index is 12.3. The quantitative estimate of drug-likeness (QED) is 0.870. The van der Waals surface area contributed by atoms with E-state index in [1.165, 1.54) is 11.0 Å². The van der Waals surface area contributed by atoms with Gasteiger partial charge in [-0.15, -0.1) is 0 Å². The maximum Gasteiger partial charge on any atom is 0.326 e. The molecule has 4 heteroatoms. The molecular formula is C17H21NO3. The Bertz CT molecular complexity index is 548. The minimum Gasteiger partial charge on any atom is -0.480 e. The highest BCUT2D eigenvalue weighted by molar-refractivity contribution is 5.94. The van der Waals surface area contributed by atoms with Gasteiger partial charge in [-0.3, -0.25) is 4.79 Å². The molecule has 1 heterocycles. The standard InChI is InChI=1S/C17H21NO3/c1-12-5-7-14(8-6-12)9-10-15(19)18-11-3-4-13(2)16(18)17(20)21/h5-10,13,16H,3-4,11H2,1-2H3,(H,20,21)/b10-9+. The number of hydrogen-bond donors (Lipinski definition) is 1. The number of likely N-dealkylation sites (tertiary alicyclic amines) is 1. The van der Waals surface area contributed by atoms with Crippen LogP contribution in [0.1, 0.15) is 30.9 Å². The summed E-state index contributed by atoms with van der Waals surface area (Å²) in [6.07, 6.45) is 4.91. The van der Waals surface area contributed by atoms with Gasteiger partial charge in [0.15, 0.2) is 0 Å². The van der Waals surface area contributed by atoms with Crippen molar-refractivity contribution in [1.82, 2.24) is 4.90 Å². The van der Waals surface area contributed by atoms with Crippen molar-refractivity contribution in [3.8, 4) is 0 Å². The third kappa shape index (κ3) is 3.72. The summed E-state index contributed by atoms with van der Waals surface area (Å²) in [5.41, 5.74) is 2.10. The van der Waals surface area contributed by atoms with E-state index in [1.54, 1.807) is 6.08 Å². The van der Waals surface area contributed by atoms with Gasteiger partial charge in [0.25, 0.3) is 0 Å². The normalized spacial score (nSPS) is 22.5. The smallest absolute Gasteiger partial charge is 0.326 e. The Kier molecular flexibility index (Phi) is 4.78. The minimum atomic E-state index is -0.917. The molecule has 1 amide bonds. The Hall–Kier alpha value is -2.10. The van der Waals surface area contributed by atoms with Crippen LogP contribution in [0.2, 0.25) is 0 Å². The minimum absolute atomic E-state index is 0.00650. The summed E-state index contributed by atoms with van der Waals surface area (Å²) >= 11 is 0. The highest BCUT2D eigenvalue weighted by Gasteiger charge is 2.36. The van der Waals surface area contributed by atoms with Crippen LogP contribution in [0.5, 0.6) is 0 Å². The zero-order chi connectivity index (χ0) is 15.4. The largest absolute Gasteiger partial charge is 0.480 e. The molecule has 1 aromatic carbocycles. The fourth-order valence-corrected chi connectivity index (χ4v) is 2.75. The van der Waals surface area contributed by atoms with Gasteiger partial charge >= 0.3 is 5.97 Å². The summed E-state index contributed by atoms with van der Waals surface area (Å²) in [5, 5.41) is 9.33. The third-order valence-corrected chi connectivity index (χ3v) is 3.97. The van der Waals surface area contributed by atoms with E-state index in [0.717, 1.165) is 24.0 Å². The highest BCUT2D eigenvalue weighted by atomic mass is 16.4. The predicted octanol–water partition coefficient (Wildman–Crippen LogP) is 2.72. The average Bonchev–Trinajstić information content (AvgIpc) is 2.45. The Morgan fingerprint density at radius 3 is 2.57 bits per heavy atom. The zero-order valence-corrected chi connectivity index (χ0v) is 12.5. The molecule has 2 rings (SSSR count). The number of carboxylic acid groups (broad SMARTS) is 1. The summed E-state index contributed by atoms with van der Waals surface area (Å²) in [6, 6.07) is 7.12. The molecule has 0 spiro atoms. The van der Waals surface area contributed by atoms with Crippen LogP contribution in [0.4, 0.5) is 0 Å². The van der Waals surface area contributed by atoms with Gasteiger partial charge in [0, 0.05) is 12.6 Å². The second-order valence-corrected chi connectivity index (χ2v) is 5.68. The van der Waals surface area contributed by atoms with Gasteiger partial charge in [-0.25, -0.2) is 4.79 Å². The lowest BCUT2D eigenvalue weighted by Crippen LogP contribution is -2.51. The molecule has 21 heavy (non-hydrogen) atoms. The second-order valence-electron chi connectivity index (χ2n) is 5.68. The summed E-state index contributed by atoms with van der Waals surface area (Å²) in [5.74, 6) is -1.15. The zero-order valence-electron chi connectivity index (χ0n) is 12.5. The highest BCUT2D eigenvalue weighted by Crippen LogP contribution is 2.24. The first-order valence-corrected chi connectivity index (χ1v) is 7.27. The molecule has 0 radical (unpaired) electrons. The number of amides is 1. The lowest BCUT2D eigenvalue weighted by Gasteiger charge is -2.36. The van der Waals surface area contributed by atoms with Crippen molar-refractivity contribution in [2.75, 3.05) is 6.54 Å². The third-order valence-electron chi connectivity index (χ3n) is 3.97. The topological polar surface area (TPSA) is 57.6 Å². The number of benzene rings is 1. The molecule has 1 N–H and O–H groups in total. The van der Waals surface area contributed by atoms with Gasteiger partial charge in [0.05, 0.1) is 0 Å². The summed E-state index contributed by atoms with van der Waals surface area (Å²) < 4.78 is 0. The molecule has 0 aliphatic carbocycles. The molecule has 1 aliphatic rings. The Labute approximate surface area is 125 Å². The summed E-state index contributed by atoms with van der Waals surface area (Å²) in [4.78, 5) is 25.1. The van der Waals surface area contributed by atoms with Crippen LogP contribution < -0.4 is 0 Å². The first-order valence-electron chi connectivity index (χ1n) is 7.27. The first kappa shape index (κ1) is 15.3. The van der Waals surface area contributed by atoms with Crippen molar-refractivity contribution in [3.63, 3.8) is 0 Å². The SMILES string of the molecule is Cc1ccc(/C=C/C(=O)N2CCCC(C)C2C(=O)O)cc1. The number of carbonyl (C=O) groups is 2. The second kappa shape index (κ2) is 6.57. The molecule has 0 saturated carbocycles. The van der Waals surface area contributed by atoms with Crippen LogP contribution in [0.15, 0.2) is 30.3 Å². The van der Waals surface area contributed by atoms with Gasteiger partial charge in [0.2, 0.25) is 5.91 Å². The lowest BCUT2D eigenvalue weighted by molar-refractivity contribution is -0.152. The fourth-order valence-electron chi connectivity index (χ4n) is 2.75. The summed E-state index contributed by atoms with van der Waals surface area (Å²) in [7, 11) is 0. The molecular weight excluding hydrogens is 266 g/mol. The van der Waals surface area contributed by atoms with Crippen LogP contribution in [0.3, 0.4) is 0 Å². The Morgan fingerprint density at radius 1 is 1.29 bits per heavy atom. The van der Waals surface area contributed by atoms with E-state index in [9.17, 15) is 14.7 Å². The number of carbonyl (C=O) groups excluding carboxylic acids is 1. The molecule has 1 fully saturated rings. The van der Waals surface area contributed by atoms with Crippen LogP contribution in [-0.2, 0) is 9.59 Å². The molecule has 1 saturated heterocycles. The monoisotopic (exact) mass is 287 g/mol. The van der Waals surface area contributed by atoms with Crippen LogP contribution in [0.25, 0.3) is 6.08 Å². The van der Waals surface area contributed by atoms with Gasteiger partial charge in [-0.05, 0) is 37.3 Å². The molecule has 4 nitrogen and oxygen atoms in total. The van der Waals surface area contributed by atoms with E-state index in [2.05, 4.69) is 0 Å². The number of aryl methyl sites for hydroxylation is 1. The maximum atomic E-state index is 12.3. The van der Waals surface area contributed by atoms with E-state index >= 15 is 0 Å². The Balaban J connectivity index is 2.10. The van der Waals surface area contributed by atoms with Crippen LogP contribution >= 0.6 is 0 Å². The number of piperidine rings is 1. The van der Waals surface area contributed by atoms with Crippen molar-refractivity contribution in [2.24, 2.45) is 5.92 Å². The van der Waals surface area contributed by atoms with E-state index in [0.29, 0.717) is 6.54 Å². The van der Waals surface area contributed by atoms with Crippen LogP contribution in [-0.4, -0.2) is 34.5 Å². The van der Waals surface area contributed by atoms with E-state index in [-0.39, 0.29) is 11.8 Å². The van der Waals surface area contributed by atoms with E-state index < -0.39 is 12.0 Å². The number of aliphatic carboxylic acids is 1. The first-order chi connectivity index (χ1) is 9.99. The fraction of sp³-hybridized carbons (Fsp3) is 0.412.